The minimum atomic E-state index is -3.74. The van der Waals surface area contributed by atoms with Crippen LogP contribution >= 0.6 is 59.2 Å². The summed E-state index contributed by atoms with van der Waals surface area (Å²) in [6, 6.07) is 12.9. The largest absolute Gasteiger partial charge is 0.509 e. The average molecular weight is 732 g/mol. The maximum atomic E-state index is 12.4. The van der Waals surface area contributed by atoms with Crippen molar-refractivity contribution in [2.75, 3.05) is 14.2 Å². The number of sulfonamides is 2. The Labute approximate surface area is 277 Å². The number of aliphatic hydroxyl groups is 1. The van der Waals surface area contributed by atoms with Gasteiger partial charge in [-0.2, -0.15) is 9.44 Å². The van der Waals surface area contributed by atoms with E-state index in [1.165, 1.54) is 20.3 Å². The normalized spacial score (nSPS) is 18.9. The molecule has 0 aliphatic carbocycles. The molecule has 0 saturated carbocycles. The fourth-order valence-corrected chi connectivity index (χ4v) is 7.95. The van der Waals surface area contributed by atoms with Crippen LogP contribution in [0.4, 0.5) is 0 Å². The first-order valence-electron chi connectivity index (χ1n) is 12.0. The quantitative estimate of drug-likeness (QED) is 0.251. The number of thiocarbonyl (C=S) groups is 2. The highest BCUT2D eigenvalue weighted by Gasteiger charge is 2.46. The highest BCUT2D eigenvalue weighted by molar-refractivity contribution is 7.99. The average Bonchev–Trinajstić information content (AvgIpc) is 3.17. The lowest BCUT2D eigenvalue weighted by molar-refractivity contribution is 0.235. The second-order valence-corrected chi connectivity index (χ2v) is 15.2. The lowest BCUT2D eigenvalue weighted by atomic mass is 10.0. The molecule has 0 saturated heterocycles. The van der Waals surface area contributed by atoms with Gasteiger partial charge < -0.3 is 19.3 Å². The van der Waals surface area contributed by atoms with E-state index in [1.807, 2.05) is 0 Å². The van der Waals surface area contributed by atoms with Crippen molar-refractivity contribution in [3.63, 3.8) is 0 Å². The van der Waals surface area contributed by atoms with Gasteiger partial charge in [0.15, 0.2) is 0 Å². The molecule has 0 atom stereocenters. The van der Waals surface area contributed by atoms with E-state index in [9.17, 15) is 21.9 Å². The van der Waals surface area contributed by atoms with Crippen molar-refractivity contribution in [2.45, 2.75) is 38.8 Å². The molecule has 4 rings (SSSR count). The van der Waals surface area contributed by atoms with Gasteiger partial charge in [0, 0.05) is 22.3 Å². The molecule has 236 valence electrons. The number of nitrogens with one attached hydrogen (secondary N) is 2. The summed E-state index contributed by atoms with van der Waals surface area (Å²) in [5.41, 5.74) is -1.13. The van der Waals surface area contributed by atoms with Gasteiger partial charge >= 0.3 is 5.24 Å². The van der Waals surface area contributed by atoms with E-state index in [0.29, 0.717) is 21.2 Å². The molecule has 0 spiro atoms. The third-order valence-electron chi connectivity index (χ3n) is 5.58. The van der Waals surface area contributed by atoms with Crippen LogP contribution in [0, 0.1) is 0 Å². The van der Waals surface area contributed by atoms with Gasteiger partial charge in [0.05, 0.1) is 25.3 Å². The van der Waals surface area contributed by atoms with Crippen LogP contribution in [0.1, 0.15) is 38.8 Å². The number of benzene rings is 2. The van der Waals surface area contributed by atoms with Crippen LogP contribution in [0.5, 0.6) is 0 Å². The molecule has 2 aromatic rings. The zero-order valence-electron chi connectivity index (χ0n) is 23.7. The summed E-state index contributed by atoms with van der Waals surface area (Å²) in [5, 5.41) is 10.7. The summed E-state index contributed by atoms with van der Waals surface area (Å²) in [7, 11) is -4.65. The maximum absolute atomic E-state index is 12.4. The van der Waals surface area contributed by atoms with Gasteiger partial charge in [0.2, 0.25) is 20.0 Å². The van der Waals surface area contributed by atoms with Crippen molar-refractivity contribution in [2.24, 2.45) is 0 Å². The Morgan fingerprint density at radius 2 is 1.21 bits per heavy atom. The van der Waals surface area contributed by atoms with Crippen molar-refractivity contribution in [3.8, 4) is 0 Å². The zero-order chi connectivity index (χ0) is 33.0. The van der Waals surface area contributed by atoms with Gasteiger partial charge in [-0.3, -0.25) is 0 Å². The SMILES string of the molecule is CC1(C)NS(=O)(=O)C(c2cccc(Cl)c2)=C1O.COC(=S)Cl.COC(=S)OC1=C(c2cccc(Cl)c2)S(=O)(=O)NC1(C)C. The molecular formula is C26H29Cl3N2O8S4. The van der Waals surface area contributed by atoms with Crippen LogP contribution in [0.2, 0.25) is 10.0 Å². The molecule has 2 aliphatic rings. The van der Waals surface area contributed by atoms with Gasteiger partial charge in [-0.1, -0.05) is 47.5 Å². The van der Waals surface area contributed by atoms with Gasteiger partial charge in [-0.05, 0) is 86.9 Å². The first kappa shape index (κ1) is 37.2. The molecule has 3 N–H and O–H groups in total. The minimum absolute atomic E-state index is 0.00870. The molecule has 0 fully saturated rings. The summed E-state index contributed by atoms with van der Waals surface area (Å²) in [6.07, 6.45) is 0. The van der Waals surface area contributed by atoms with Gasteiger partial charge in [0.25, 0.3) is 4.51 Å². The Bertz CT molecular complexity index is 1690. The Hall–Kier alpha value is -2.01. The number of aliphatic hydroxyl groups excluding tert-OH is 1. The van der Waals surface area contributed by atoms with Gasteiger partial charge in [-0.25, -0.2) is 16.8 Å². The lowest BCUT2D eigenvalue weighted by Gasteiger charge is -2.20. The van der Waals surface area contributed by atoms with Crippen LogP contribution in [-0.2, 0) is 34.3 Å². The fourth-order valence-electron chi connectivity index (χ4n) is 3.82. The molecule has 0 aromatic heterocycles. The number of rotatable bonds is 3. The fraction of sp³-hybridized carbons (Fsp3) is 0.308. The van der Waals surface area contributed by atoms with Crippen molar-refractivity contribution >= 4 is 98.8 Å². The predicted octanol–water partition coefficient (Wildman–Crippen LogP) is 6.10. The molecule has 43 heavy (non-hydrogen) atoms. The molecule has 0 radical (unpaired) electrons. The summed E-state index contributed by atoms with van der Waals surface area (Å²) in [4.78, 5) is -0.0978. The molecule has 0 bridgehead atoms. The highest BCUT2D eigenvalue weighted by Crippen LogP contribution is 2.39. The number of hydrogen-bond acceptors (Lipinski definition) is 10. The van der Waals surface area contributed by atoms with Gasteiger partial charge in [0.1, 0.15) is 21.3 Å². The monoisotopic (exact) mass is 730 g/mol. The minimum Gasteiger partial charge on any atom is -0.509 e. The molecule has 10 nitrogen and oxygen atoms in total. The van der Waals surface area contributed by atoms with Crippen LogP contribution in [0.25, 0.3) is 9.81 Å². The first-order chi connectivity index (χ1) is 19.7. The molecular weight excluding hydrogens is 703 g/mol. The first-order valence-corrected chi connectivity index (χ1v) is 16.9. The predicted molar refractivity (Wildman–Crippen MR) is 178 cm³/mol. The van der Waals surface area contributed by atoms with Gasteiger partial charge in [-0.15, -0.1) is 0 Å². The highest BCUT2D eigenvalue weighted by atomic mass is 35.5. The molecule has 2 heterocycles. The molecule has 0 unspecified atom stereocenters. The van der Waals surface area contributed by atoms with Crippen molar-refractivity contribution in [1.29, 1.82) is 0 Å². The number of methoxy groups -OCH3 is 2. The van der Waals surface area contributed by atoms with E-state index in [2.05, 4.69) is 26.4 Å². The molecule has 0 amide bonds. The third-order valence-corrected chi connectivity index (χ3v) is 10.1. The van der Waals surface area contributed by atoms with E-state index in [-0.39, 0.29) is 31.1 Å². The van der Waals surface area contributed by atoms with E-state index < -0.39 is 31.1 Å². The van der Waals surface area contributed by atoms with E-state index in [1.54, 1.807) is 70.2 Å². The van der Waals surface area contributed by atoms with Crippen molar-refractivity contribution in [3.05, 3.63) is 81.2 Å². The third kappa shape index (κ3) is 9.49. The zero-order valence-corrected chi connectivity index (χ0v) is 29.2. The molecule has 2 aromatic carbocycles. The second-order valence-electron chi connectivity index (χ2n) is 9.82. The number of hydrogen-bond donors (Lipinski definition) is 3. The van der Waals surface area contributed by atoms with E-state index >= 15 is 0 Å². The van der Waals surface area contributed by atoms with Crippen LogP contribution < -0.4 is 9.44 Å². The summed E-state index contributed by atoms with van der Waals surface area (Å²) in [6.45, 7) is 6.54. The number of ether oxygens (including phenoxy) is 3. The topological polar surface area (TPSA) is 140 Å². The molecule has 17 heteroatoms. The van der Waals surface area contributed by atoms with E-state index in [0.717, 1.165) is 0 Å². The summed E-state index contributed by atoms with van der Waals surface area (Å²) in [5.74, 6) is -0.0172. The second kappa shape index (κ2) is 14.4. The van der Waals surface area contributed by atoms with Crippen LogP contribution in [0.15, 0.2) is 60.0 Å². The van der Waals surface area contributed by atoms with Crippen molar-refractivity contribution < 1.29 is 36.2 Å². The standard InChI is InChI=1S/C13H14ClNO4S2.C11H12ClNO3S.C2H3ClOS/c1-13(2)11(19-12(20)18-3)10(21(16,17)15-13)8-5-4-6-9(14)7-8;1-11(2)10(14)9(17(15,16)13-11)7-4-3-5-8(12)6-7;1-4-2(3)5/h4-7,15H,1-3H3;3-6,13-14H,1-2H3;1H3. The van der Waals surface area contributed by atoms with E-state index in [4.69, 9.17) is 56.5 Å². The summed E-state index contributed by atoms with van der Waals surface area (Å²) >= 11 is 25.8. The van der Waals surface area contributed by atoms with Crippen LogP contribution in [-0.4, -0.2) is 57.0 Å². The maximum Gasteiger partial charge on any atom is 0.357 e. The molecule has 2 aliphatic heterocycles. The number of halogens is 3. The smallest absolute Gasteiger partial charge is 0.357 e. The van der Waals surface area contributed by atoms with Crippen molar-refractivity contribution in [1.82, 2.24) is 9.44 Å². The lowest BCUT2D eigenvalue weighted by Crippen LogP contribution is -2.39. The van der Waals surface area contributed by atoms with Crippen LogP contribution in [0.3, 0.4) is 0 Å². The Morgan fingerprint density at radius 1 is 0.791 bits per heavy atom. The Balaban J connectivity index is 0.000000264. The Morgan fingerprint density at radius 3 is 1.58 bits per heavy atom. The Kier molecular flexibility index (Phi) is 12.4. The summed E-state index contributed by atoms with van der Waals surface area (Å²) < 4.78 is 68.1.